The van der Waals surface area contributed by atoms with Crippen LogP contribution >= 0.6 is 0 Å². The Bertz CT molecular complexity index is 395. The molecule has 2 atom stereocenters. The summed E-state index contributed by atoms with van der Waals surface area (Å²) in [6.07, 6.45) is 5.85. The predicted molar refractivity (Wildman–Crippen MR) is 71.2 cm³/mol. The van der Waals surface area contributed by atoms with Crippen molar-refractivity contribution in [3.05, 3.63) is 23.9 Å². The Hall–Kier alpha value is -1.13. The number of hydrogen-bond acceptors (Lipinski definition) is 4. The van der Waals surface area contributed by atoms with Gasteiger partial charge in [-0.15, -0.1) is 0 Å². The van der Waals surface area contributed by atoms with E-state index in [0.717, 1.165) is 18.4 Å². The Morgan fingerprint density at radius 2 is 2.44 bits per heavy atom. The Morgan fingerprint density at radius 3 is 3.17 bits per heavy atom. The van der Waals surface area contributed by atoms with E-state index in [-0.39, 0.29) is 6.10 Å². The molecule has 1 aromatic heterocycles. The quantitative estimate of drug-likeness (QED) is 0.856. The Labute approximate surface area is 108 Å². The largest absolute Gasteiger partial charge is 0.389 e. The van der Waals surface area contributed by atoms with Crippen molar-refractivity contribution in [1.29, 1.82) is 0 Å². The molecule has 1 saturated heterocycles. The predicted octanol–water partition coefficient (Wildman–Crippen LogP) is 1.92. The number of aromatic nitrogens is 1. The highest BCUT2D eigenvalue weighted by molar-refractivity contribution is 5.39. The molecule has 0 radical (unpaired) electrons. The second-order valence-corrected chi connectivity index (χ2v) is 5.18. The van der Waals surface area contributed by atoms with Gasteiger partial charge in [0.2, 0.25) is 0 Å². The maximum absolute atomic E-state index is 10.7. The smallest absolute Gasteiger partial charge is 0.126 e. The molecular weight excluding hydrogens is 228 g/mol. The van der Waals surface area contributed by atoms with E-state index in [0.29, 0.717) is 31.7 Å². The topological polar surface area (TPSA) is 68.4 Å². The van der Waals surface area contributed by atoms with E-state index in [2.05, 4.69) is 11.9 Å². The number of rotatable bonds is 4. The first-order valence-corrected chi connectivity index (χ1v) is 6.66. The molecule has 100 valence electrons. The molecular formula is C14H22N2O2. The minimum atomic E-state index is -0.699. The number of pyridine rings is 1. The Morgan fingerprint density at radius 1 is 1.61 bits per heavy atom. The van der Waals surface area contributed by atoms with Crippen LogP contribution in [0.25, 0.3) is 0 Å². The van der Waals surface area contributed by atoms with E-state index in [9.17, 15) is 5.11 Å². The maximum Gasteiger partial charge on any atom is 0.126 e. The number of hydrogen-bond donors (Lipinski definition) is 2. The molecule has 2 heterocycles. The van der Waals surface area contributed by atoms with Gasteiger partial charge in [-0.05, 0) is 24.5 Å². The summed E-state index contributed by atoms with van der Waals surface area (Å²) >= 11 is 0. The third-order valence-corrected chi connectivity index (χ3v) is 3.58. The van der Waals surface area contributed by atoms with E-state index in [1.54, 1.807) is 6.20 Å². The average molecular weight is 250 g/mol. The van der Waals surface area contributed by atoms with Crippen LogP contribution in [-0.4, -0.2) is 28.4 Å². The Kier molecular flexibility index (Phi) is 4.19. The minimum Gasteiger partial charge on any atom is -0.389 e. The van der Waals surface area contributed by atoms with Gasteiger partial charge in [-0.25, -0.2) is 4.98 Å². The highest BCUT2D eigenvalue weighted by Gasteiger charge is 2.35. The number of anilines is 1. The molecule has 3 N–H and O–H groups in total. The average Bonchev–Trinajstić information content (AvgIpc) is 2.32. The summed E-state index contributed by atoms with van der Waals surface area (Å²) in [5.41, 5.74) is 6.07. The van der Waals surface area contributed by atoms with Crippen LogP contribution in [0, 0.1) is 0 Å². The van der Waals surface area contributed by atoms with Crippen LogP contribution in [0.15, 0.2) is 18.3 Å². The van der Waals surface area contributed by atoms with Crippen LogP contribution in [0.5, 0.6) is 0 Å². The fourth-order valence-electron chi connectivity index (χ4n) is 2.62. The number of ether oxygens (including phenoxy) is 1. The van der Waals surface area contributed by atoms with E-state index in [1.165, 1.54) is 0 Å². The summed E-state index contributed by atoms with van der Waals surface area (Å²) in [7, 11) is 0. The molecule has 2 rings (SSSR count). The molecule has 0 spiro atoms. The van der Waals surface area contributed by atoms with Gasteiger partial charge in [-0.3, -0.25) is 0 Å². The van der Waals surface area contributed by atoms with Gasteiger partial charge >= 0.3 is 0 Å². The molecule has 0 aliphatic carbocycles. The molecule has 4 heteroatoms. The van der Waals surface area contributed by atoms with Crippen LogP contribution in [0.1, 0.15) is 38.2 Å². The van der Waals surface area contributed by atoms with E-state index >= 15 is 0 Å². The molecule has 4 nitrogen and oxygen atoms in total. The first kappa shape index (κ1) is 13.3. The molecule has 0 amide bonds. The fraction of sp³-hybridized carbons (Fsp3) is 0.643. The van der Waals surface area contributed by atoms with Crippen molar-refractivity contribution >= 4 is 5.82 Å². The molecule has 1 aliphatic rings. The molecule has 0 aromatic carbocycles. The van der Waals surface area contributed by atoms with Crippen LogP contribution in [-0.2, 0) is 11.2 Å². The first-order valence-electron chi connectivity index (χ1n) is 6.66. The molecule has 18 heavy (non-hydrogen) atoms. The lowest BCUT2D eigenvalue weighted by Crippen LogP contribution is -2.42. The van der Waals surface area contributed by atoms with Gasteiger partial charge in [0.1, 0.15) is 5.82 Å². The van der Waals surface area contributed by atoms with Crippen LogP contribution in [0.3, 0.4) is 0 Å². The fourth-order valence-corrected chi connectivity index (χ4v) is 2.62. The van der Waals surface area contributed by atoms with Gasteiger partial charge in [-0.1, -0.05) is 19.4 Å². The molecule has 1 aromatic rings. The summed E-state index contributed by atoms with van der Waals surface area (Å²) in [5, 5.41) is 10.7. The monoisotopic (exact) mass is 250 g/mol. The molecule has 1 fully saturated rings. The lowest BCUT2D eigenvalue weighted by Gasteiger charge is -2.37. The second kappa shape index (κ2) is 5.67. The summed E-state index contributed by atoms with van der Waals surface area (Å²) in [6, 6.07) is 3.79. The van der Waals surface area contributed by atoms with E-state index < -0.39 is 5.60 Å². The van der Waals surface area contributed by atoms with Gasteiger partial charge in [0, 0.05) is 25.6 Å². The van der Waals surface area contributed by atoms with Crippen LogP contribution < -0.4 is 5.73 Å². The lowest BCUT2D eigenvalue weighted by atomic mass is 9.84. The van der Waals surface area contributed by atoms with E-state index in [1.807, 2.05) is 12.1 Å². The van der Waals surface area contributed by atoms with Gasteiger partial charge in [0.05, 0.1) is 11.7 Å². The maximum atomic E-state index is 10.7. The number of aliphatic hydroxyl groups is 1. The SMILES string of the molecule is CCCC1CC(O)(Cc2cccnc2N)CCO1. The number of nitrogens with two attached hydrogens (primary N) is 1. The second-order valence-electron chi connectivity index (χ2n) is 5.18. The van der Waals surface area contributed by atoms with Crippen molar-refractivity contribution in [3.63, 3.8) is 0 Å². The van der Waals surface area contributed by atoms with Gasteiger partial charge in [-0.2, -0.15) is 0 Å². The minimum absolute atomic E-state index is 0.173. The summed E-state index contributed by atoms with van der Waals surface area (Å²) < 4.78 is 5.67. The molecule has 0 saturated carbocycles. The molecule has 2 unspecified atom stereocenters. The van der Waals surface area contributed by atoms with Crippen LogP contribution in [0.4, 0.5) is 5.82 Å². The van der Waals surface area contributed by atoms with Crippen molar-refractivity contribution in [2.75, 3.05) is 12.3 Å². The van der Waals surface area contributed by atoms with Gasteiger partial charge in [0.15, 0.2) is 0 Å². The normalized spacial score (nSPS) is 28.2. The summed E-state index contributed by atoms with van der Waals surface area (Å²) in [4.78, 5) is 4.07. The van der Waals surface area contributed by atoms with Gasteiger partial charge in [0.25, 0.3) is 0 Å². The van der Waals surface area contributed by atoms with Crippen molar-refractivity contribution < 1.29 is 9.84 Å². The zero-order valence-corrected chi connectivity index (χ0v) is 10.9. The standard InChI is InChI=1S/C14H22N2O2/c1-2-4-12-10-14(17,6-8-18-12)9-11-5-3-7-16-13(11)15/h3,5,7,12,17H,2,4,6,8-10H2,1H3,(H2,15,16). The molecule has 0 bridgehead atoms. The van der Waals surface area contributed by atoms with Crippen LogP contribution in [0.2, 0.25) is 0 Å². The van der Waals surface area contributed by atoms with E-state index in [4.69, 9.17) is 10.5 Å². The zero-order valence-electron chi connectivity index (χ0n) is 10.9. The number of nitrogen functional groups attached to an aromatic ring is 1. The highest BCUT2D eigenvalue weighted by atomic mass is 16.5. The third-order valence-electron chi connectivity index (χ3n) is 3.58. The third kappa shape index (κ3) is 3.21. The van der Waals surface area contributed by atoms with Gasteiger partial charge < -0.3 is 15.6 Å². The molecule has 1 aliphatic heterocycles. The highest BCUT2D eigenvalue weighted by Crippen LogP contribution is 2.31. The number of nitrogens with zero attached hydrogens (tertiary/aromatic N) is 1. The van der Waals surface area contributed by atoms with Crippen molar-refractivity contribution in [3.8, 4) is 0 Å². The van der Waals surface area contributed by atoms with Crippen molar-refractivity contribution in [2.24, 2.45) is 0 Å². The first-order chi connectivity index (χ1) is 8.63. The summed E-state index contributed by atoms with van der Waals surface area (Å²) in [6.45, 7) is 2.76. The Balaban J connectivity index is 2.05. The lowest BCUT2D eigenvalue weighted by molar-refractivity contribution is -0.104. The zero-order chi connectivity index (χ0) is 13.0. The van der Waals surface area contributed by atoms with Crippen molar-refractivity contribution in [2.45, 2.75) is 50.7 Å². The van der Waals surface area contributed by atoms with Crippen molar-refractivity contribution in [1.82, 2.24) is 4.98 Å². The summed E-state index contributed by atoms with van der Waals surface area (Å²) in [5.74, 6) is 0.518.